The van der Waals surface area contributed by atoms with Crippen molar-refractivity contribution in [3.8, 4) is 11.3 Å². The minimum Gasteiger partial charge on any atom is -0.261 e. The molecular weight excluding hydrogens is 316 g/mol. The summed E-state index contributed by atoms with van der Waals surface area (Å²) in [4.78, 5) is 4.88. The van der Waals surface area contributed by atoms with Crippen LogP contribution < -0.4 is 4.80 Å². The van der Waals surface area contributed by atoms with E-state index in [9.17, 15) is 8.78 Å². The van der Waals surface area contributed by atoms with Crippen molar-refractivity contribution in [2.45, 2.75) is 0 Å². The second-order valence-corrected chi connectivity index (χ2v) is 5.58. The molecule has 3 rings (SSSR count). The van der Waals surface area contributed by atoms with Crippen molar-refractivity contribution in [2.75, 3.05) is 7.05 Å². The van der Waals surface area contributed by atoms with Gasteiger partial charge in [-0.2, -0.15) is 5.10 Å². The Morgan fingerprint density at radius 2 is 1.83 bits per heavy atom. The van der Waals surface area contributed by atoms with Crippen LogP contribution in [0, 0.1) is 11.6 Å². The fourth-order valence-electron chi connectivity index (χ4n) is 2.09. The number of halogens is 2. The molecule has 0 N–H and O–H groups in total. The molecule has 0 aliphatic carbocycles. The van der Waals surface area contributed by atoms with E-state index in [1.54, 1.807) is 42.2 Å². The van der Waals surface area contributed by atoms with Crippen LogP contribution in [0.25, 0.3) is 11.3 Å². The van der Waals surface area contributed by atoms with Gasteiger partial charge in [0, 0.05) is 18.0 Å². The number of benzene rings is 2. The summed E-state index contributed by atoms with van der Waals surface area (Å²) in [6.45, 7) is 0. The summed E-state index contributed by atoms with van der Waals surface area (Å²) in [7, 11) is 1.68. The molecule has 0 amide bonds. The molecule has 1 heterocycles. The van der Waals surface area contributed by atoms with E-state index in [2.05, 4.69) is 10.1 Å². The van der Waals surface area contributed by atoms with E-state index in [0.717, 1.165) is 11.3 Å². The molecule has 0 spiro atoms. The Bertz CT molecular complexity index is 908. The van der Waals surface area contributed by atoms with Crippen molar-refractivity contribution in [1.82, 2.24) is 4.68 Å². The third-order valence-corrected chi connectivity index (χ3v) is 4.10. The highest BCUT2D eigenvalue weighted by Gasteiger charge is 2.07. The molecule has 0 radical (unpaired) electrons. The topological polar surface area (TPSA) is 29.6 Å². The largest absolute Gasteiger partial charge is 0.261 e. The highest BCUT2D eigenvalue weighted by Crippen LogP contribution is 2.20. The zero-order valence-corrected chi connectivity index (χ0v) is 13.1. The van der Waals surface area contributed by atoms with Gasteiger partial charge in [-0.25, -0.2) is 13.5 Å². The lowest BCUT2D eigenvalue weighted by atomic mass is 10.2. The van der Waals surface area contributed by atoms with Crippen molar-refractivity contribution >= 4 is 17.6 Å². The summed E-state index contributed by atoms with van der Waals surface area (Å²) in [5.74, 6) is -0.609. The molecule has 3 aromatic rings. The van der Waals surface area contributed by atoms with Gasteiger partial charge in [0.15, 0.2) is 0 Å². The summed E-state index contributed by atoms with van der Waals surface area (Å²) >= 11 is 1.43. The highest BCUT2D eigenvalue weighted by molar-refractivity contribution is 7.07. The van der Waals surface area contributed by atoms with Gasteiger partial charge in [-0.3, -0.25) is 4.99 Å². The third kappa shape index (κ3) is 3.43. The molecular formula is C17H13F2N3S. The van der Waals surface area contributed by atoms with E-state index >= 15 is 0 Å². The van der Waals surface area contributed by atoms with Crippen molar-refractivity contribution in [3.63, 3.8) is 0 Å². The van der Waals surface area contributed by atoms with E-state index in [0.29, 0.717) is 10.4 Å². The number of aromatic nitrogens is 1. The predicted molar refractivity (Wildman–Crippen MR) is 88.6 cm³/mol. The van der Waals surface area contributed by atoms with E-state index in [1.807, 2.05) is 5.38 Å². The molecule has 0 atom stereocenters. The van der Waals surface area contributed by atoms with Gasteiger partial charge in [-0.05, 0) is 42.0 Å². The predicted octanol–water partition coefficient (Wildman–Crippen LogP) is 3.91. The number of thiazole rings is 1. The molecule has 23 heavy (non-hydrogen) atoms. The van der Waals surface area contributed by atoms with Crippen LogP contribution in [0.3, 0.4) is 0 Å². The summed E-state index contributed by atoms with van der Waals surface area (Å²) in [6, 6.07) is 12.3. The van der Waals surface area contributed by atoms with Gasteiger partial charge in [-0.15, -0.1) is 11.3 Å². The first-order valence-corrected chi connectivity index (χ1v) is 7.74. The van der Waals surface area contributed by atoms with Gasteiger partial charge in [-0.1, -0.05) is 12.1 Å². The van der Waals surface area contributed by atoms with E-state index < -0.39 is 0 Å². The molecule has 0 bridgehead atoms. The smallest absolute Gasteiger partial charge is 0.205 e. The number of hydrogen-bond acceptors (Lipinski definition) is 3. The van der Waals surface area contributed by atoms with Crippen LogP contribution in [0.15, 0.2) is 64.0 Å². The summed E-state index contributed by atoms with van der Waals surface area (Å²) < 4.78 is 28.0. The Morgan fingerprint density at radius 3 is 2.52 bits per heavy atom. The second kappa shape index (κ2) is 6.66. The van der Waals surface area contributed by atoms with Crippen molar-refractivity contribution < 1.29 is 8.78 Å². The van der Waals surface area contributed by atoms with Gasteiger partial charge < -0.3 is 0 Å². The lowest BCUT2D eigenvalue weighted by molar-refractivity contribution is 0.627. The monoisotopic (exact) mass is 329 g/mol. The minimum absolute atomic E-state index is 0.292. The van der Waals surface area contributed by atoms with Crippen LogP contribution in [-0.4, -0.2) is 17.9 Å². The van der Waals surface area contributed by atoms with Gasteiger partial charge in [0.05, 0.1) is 11.9 Å². The normalized spacial score (nSPS) is 12.2. The third-order valence-electron chi connectivity index (χ3n) is 3.19. The molecule has 116 valence electrons. The quantitative estimate of drug-likeness (QED) is 0.652. The summed E-state index contributed by atoms with van der Waals surface area (Å²) in [5.41, 5.74) is 2.27. The van der Waals surface area contributed by atoms with Crippen LogP contribution >= 0.6 is 11.3 Å². The maximum atomic E-state index is 13.2. The summed E-state index contributed by atoms with van der Waals surface area (Å²) in [6.07, 6.45) is 1.57. The van der Waals surface area contributed by atoms with Crippen LogP contribution in [-0.2, 0) is 0 Å². The Morgan fingerprint density at radius 1 is 1.04 bits per heavy atom. The Hall–Kier alpha value is -2.60. The van der Waals surface area contributed by atoms with Crippen LogP contribution in [0.5, 0.6) is 0 Å². The Kier molecular flexibility index (Phi) is 4.43. The zero-order valence-electron chi connectivity index (χ0n) is 12.3. The van der Waals surface area contributed by atoms with E-state index in [4.69, 9.17) is 0 Å². The van der Waals surface area contributed by atoms with Crippen LogP contribution in [0.4, 0.5) is 8.78 Å². The molecule has 1 aromatic heterocycles. The molecule has 2 aromatic carbocycles. The van der Waals surface area contributed by atoms with Crippen molar-refractivity contribution in [1.29, 1.82) is 0 Å². The number of nitrogens with zero attached hydrogens (tertiary/aromatic N) is 3. The molecule has 3 nitrogen and oxygen atoms in total. The van der Waals surface area contributed by atoms with Gasteiger partial charge in [0.2, 0.25) is 4.80 Å². The zero-order chi connectivity index (χ0) is 16.2. The van der Waals surface area contributed by atoms with Crippen molar-refractivity contribution in [2.24, 2.45) is 10.1 Å². The molecule has 0 aliphatic heterocycles. The standard InChI is InChI=1S/C17H13F2N3S/c1-20-17-22(21-10-12-3-2-4-15(19)9-12)16(11-23-17)13-5-7-14(18)8-6-13/h2-11H,1H3/b20-17?,21-10-. The maximum Gasteiger partial charge on any atom is 0.205 e. The maximum absolute atomic E-state index is 13.2. The Balaban J connectivity index is 2.04. The molecule has 0 unspecified atom stereocenters. The second-order valence-electron chi connectivity index (χ2n) is 4.75. The van der Waals surface area contributed by atoms with E-state index in [-0.39, 0.29) is 11.6 Å². The lowest BCUT2D eigenvalue weighted by Crippen LogP contribution is -2.11. The van der Waals surface area contributed by atoms with Gasteiger partial charge in [0.25, 0.3) is 0 Å². The molecule has 0 saturated carbocycles. The average molecular weight is 329 g/mol. The first kappa shape index (κ1) is 15.3. The fourth-order valence-corrected chi connectivity index (χ4v) is 2.90. The minimum atomic E-state index is -0.316. The average Bonchev–Trinajstić information content (AvgIpc) is 2.96. The SMILES string of the molecule is CN=c1scc(-c2ccc(F)cc2)n1/N=C\c1cccc(F)c1. The molecule has 0 fully saturated rings. The number of hydrogen-bond donors (Lipinski definition) is 0. The van der Waals surface area contributed by atoms with Crippen LogP contribution in [0.1, 0.15) is 5.56 Å². The first-order chi connectivity index (χ1) is 11.2. The van der Waals surface area contributed by atoms with Crippen molar-refractivity contribution in [3.05, 3.63) is 75.9 Å². The number of rotatable bonds is 3. The van der Waals surface area contributed by atoms with Gasteiger partial charge >= 0.3 is 0 Å². The van der Waals surface area contributed by atoms with E-state index in [1.165, 1.54) is 35.6 Å². The van der Waals surface area contributed by atoms with Crippen LogP contribution in [0.2, 0.25) is 0 Å². The first-order valence-electron chi connectivity index (χ1n) is 6.86. The lowest BCUT2D eigenvalue weighted by Gasteiger charge is -2.03. The highest BCUT2D eigenvalue weighted by atomic mass is 32.1. The molecule has 6 heteroatoms. The molecule has 0 saturated heterocycles. The van der Waals surface area contributed by atoms with Gasteiger partial charge in [0.1, 0.15) is 11.6 Å². The Labute approximate surface area is 135 Å². The summed E-state index contributed by atoms with van der Waals surface area (Å²) in [5, 5.41) is 6.30. The molecule has 0 aliphatic rings. The fraction of sp³-hybridized carbons (Fsp3) is 0.0588.